The quantitative estimate of drug-likeness (QED) is 0.367. The fraction of sp³-hybridized carbons (Fsp3) is 0.174. The summed E-state index contributed by atoms with van der Waals surface area (Å²) in [5.41, 5.74) is 4.82. The minimum absolute atomic E-state index is 0.109. The highest BCUT2D eigenvalue weighted by Crippen LogP contribution is 2.26. The molecule has 0 saturated heterocycles. The van der Waals surface area contributed by atoms with E-state index in [1.165, 1.54) is 40.6 Å². The molecule has 0 saturated carbocycles. The fourth-order valence-electron chi connectivity index (χ4n) is 3.77. The number of hydrogen-bond acceptors (Lipinski definition) is 5. The van der Waals surface area contributed by atoms with Gasteiger partial charge in [-0.1, -0.05) is 36.0 Å². The predicted molar refractivity (Wildman–Crippen MR) is 123 cm³/mol. The molecule has 2 aromatic heterocycles. The van der Waals surface area contributed by atoms with E-state index in [0.717, 1.165) is 24.2 Å². The highest BCUT2D eigenvalue weighted by atomic mass is 32.2. The third kappa shape index (κ3) is 3.66. The van der Waals surface area contributed by atoms with Gasteiger partial charge >= 0.3 is 0 Å². The van der Waals surface area contributed by atoms with E-state index in [-0.39, 0.29) is 17.2 Å². The largest absolute Gasteiger partial charge is 0.325 e. The second-order valence-corrected chi connectivity index (χ2v) is 9.04. The molecule has 1 aliphatic rings. The zero-order chi connectivity index (χ0) is 20.5. The summed E-state index contributed by atoms with van der Waals surface area (Å²) in [5, 5.41) is 5.35. The summed E-state index contributed by atoms with van der Waals surface area (Å²) < 4.78 is 2.21. The van der Waals surface area contributed by atoms with Crippen LogP contribution >= 0.6 is 23.1 Å². The molecule has 1 N–H and O–H groups in total. The molecule has 2 heterocycles. The number of para-hydroxylation sites is 1. The Balaban J connectivity index is 1.40. The number of nitrogens with zero attached hydrogens (tertiary/aromatic N) is 2. The number of aromatic nitrogens is 2. The smallest absolute Gasteiger partial charge is 0.276 e. The predicted octanol–water partition coefficient (Wildman–Crippen LogP) is 4.67. The van der Waals surface area contributed by atoms with Crippen molar-refractivity contribution in [3.05, 3.63) is 81.5 Å². The van der Waals surface area contributed by atoms with E-state index in [2.05, 4.69) is 22.4 Å². The van der Waals surface area contributed by atoms with E-state index in [1.807, 2.05) is 47.8 Å². The molecule has 150 valence electrons. The first-order valence-corrected chi connectivity index (χ1v) is 11.7. The highest BCUT2D eigenvalue weighted by molar-refractivity contribution is 7.99. The van der Waals surface area contributed by atoms with Gasteiger partial charge in [0.15, 0.2) is 5.16 Å². The first kappa shape index (κ1) is 19.1. The maximum absolute atomic E-state index is 13.1. The molecule has 2 aromatic carbocycles. The lowest BCUT2D eigenvalue weighted by atomic mass is 10.1. The van der Waals surface area contributed by atoms with Crippen LogP contribution in [0.2, 0.25) is 0 Å². The lowest BCUT2D eigenvalue weighted by Crippen LogP contribution is -2.22. The van der Waals surface area contributed by atoms with Crippen molar-refractivity contribution in [3.8, 4) is 5.69 Å². The van der Waals surface area contributed by atoms with Crippen LogP contribution in [0.4, 0.5) is 5.69 Å². The molecule has 0 bridgehead atoms. The van der Waals surface area contributed by atoms with Gasteiger partial charge in [-0.2, -0.15) is 0 Å². The Kier molecular flexibility index (Phi) is 5.14. The SMILES string of the molecule is O=C(CSc1nc2ccsc2c(=O)n1-c1ccccc1)Nc1ccc2c(c1)CCC2. The van der Waals surface area contributed by atoms with Crippen molar-refractivity contribution in [1.82, 2.24) is 9.55 Å². The maximum Gasteiger partial charge on any atom is 0.276 e. The second-order valence-electron chi connectivity index (χ2n) is 7.18. The first-order chi connectivity index (χ1) is 14.7. The van der Waals surface area contributed by atoms with Crippen LogP contribution in [-0.4, -0.2) is 21.2 Å². The molecule has 0 unspecified atom stereocenters. The Hall–Kier alpha value is -2.90. The van der Waals surface area contributed by atoms with E-state index in [1.54, 1.807) is 4.57 Å². The van der Waals surface area contributed by atoms with Crippen molar-refractivity contribution in [2.24, 2.45) is 0 Å². The van der Waals surface area contributed by atoms with Crippen LogP contribution in [0.5, 0.6) is 0 Å². The fourth-order valence-corrected chi connectivity index (χ4v) is 5.34. The summed E-state index contributed by atoms with van der Waals surface area (Å²) in [6.45, 7) is 0. The van der Waals surface area contributed by atoms with E-state index in [9.17, 15) is 9.59 Å². The Morgan fingerprint density at radius 3 is 2.80 bits per heavy atom. The van der Waals surface area contributed by atoms with Crippen LogP contribution in [0.3, 0.4) is 0 Å². The number of rotatable bonds is 5. The average molecular weight is 434 g/mol. The summed E-state index contributed by atoms with van der Waals surface area (Å²) in [7, 11) is 0. The third-order valence-electron chi connectivity index (χ3n) is 5.18. The van der Waals surface area contributed by atoms with Gasteiger partial charge in [0.25, 0.3) is 5.56 Å². The van der Waals surface area contributed by atoms with Gasteiger partial charge in [0, 0.05) is 5.69 Å². The normalized spacial score (nSPS) is 12.8. The van der Waals surface area contributed by atoms with Gasteiger partial charge in [-0.15, -0.1) is 11.3 Å². The van der Waals surface area contributed by atoms with E-state index < -0.39 is 0 Å². The molecule has 0 atom stereocenters. The third-order valence-corrected chi connectivity index (χ3v) is 7.01. The van der Waals surface area contributed by atoms with Gasteiger partial charge < -0.3 is 5.32 Å². The number of aryl methyl sites for hydroxylation is 2. The number of amides is 1. The molecular weight excluding hydrogens is 414 g/mol. The van der Waals surface area contributed by atoms with E-state index in [0.29, 0.717) is 15.4 Å². The minimum atomic E-state index is -0.114. The van der Waals surface area contributed by atoms with Crippen molar-refractivity contribution >= 4 is 44.9 Å². The summed E-state index contributed by atoms with van der Waals surface area (Å²) in [4.78, 5) is 30.3. The number of hydrogen-bond donors (Lipinski definition) is 1. The number of fused-ring (bicyclic) bond motifs is 2. The molecule has 0 fully saturated rings. The molecule has 0 aliphatic heterocycles. The molecule has 7 heteroatoms. The monoisotopic (exact) mass is 433 g/mol. The van der Waals surface area contributed by atoms with Crippen molar-refractivity contribution in [2.45, 2.75) is 24.4 Å². The molecule has 30 heavy (non-hydrogen) atoms. The van der Waals surface area contributed by atoms with Crippen LogP contribution < -0.4 is 10.9 Å². The highest BCUT2D eigenvalue weighted by Gasteiger charge is 2.16. The number of anilines is 1. The molecule has 0 radical (unpaired) electrons. The number of thioether (sulfide) groups is 1. The van der Waals surface area contributed by atoms with Gasteiger partial charge in [-0.3, -0.25) is 14.2 Å². The summed E-state index contributed by atoms with van der Waals surface area (Å²) in [6, 6.07) is 17.4. The zero-order valence-corrected chi connectivity index (χ0v) is 17.8. The molecule has 5 rings (SSSR count). The topological polar surface area (TPSA) is 64.0 Å². The molecule has 4 aromatic rings. The van der Waals surface area contributed by atoms with Crippen molar-refractivity contribution in [3.63, 3.8) is 0 Å². The molecule has 1 aliphatic carbocycles. The minimum Gasteiger partial charge on any atom is -0.325 e. The van der Waals surface area contributed by atoms with Crippen LogP contribution in [-0.2, 0) is 17.6 Å². The Bertz CT molecular complexity index is 1300. The molecule has 5 nitrogen and oxygen atoms in total. The Morgan fingerprint density at radius 1 is 1.10 bits per heavy atom. The number of carbonyl (C=O) groups is 1. The molecule has 1 amide bonds. The lowest BCUT2D eigenvalue weighted by Gasteiger charge is -2.12. The maximum atomic E-state index is 13.1. The molecular formula is C23H19N3O2S2. The zero-order valence-electron chi connectivity index (χ0n) is 16.1. The van der Waals surface area contributed by atoms with Gasteiger partial charge in [-0.05, 0) is 66.1 Å². The summed E-state index contributed by atoms with van der Waals surface area (Å²) in [6.07, 6.45) is 3.37. The van der Waals surface area contributed by atoms with Crippen molar-refractivity contribution in [2.75, 3.05) is 11.1 Å². The summed E-state index contributed by atoms with van der Waals surface area (Å²) >= 11 is 2.65. The number of benzene rings is 2. The van der Waals surface area contributed by atoms with Crippen LogP contribution in [0.25, 0.3) is 15.9 Å². The number of thiophene rings is 1. The van der Waals surface area contributed by atoms with Crippen LogP contribution in [0.15, 0.2) is 69.9 Å². The van der Waals surface area contributed by atoms with Crippen LogP contribution in [0.1, 0.15) is 17.5 Å². The molecule has 0 spiro atoms. The Morgan fingerprint density at radius 2 is 1.93 bits per heavy atom. The van der Waals surface area contributed by atoms with Gasteiger partial charge in [0.05, 0.1) is 17.0 Å². The Labute approximate surface area is 181 Å². The summed E-state index contributed by atoms with van der Waals surface area (Å²) in [5.74, 6) is 0.0589. The van der Waals surface area contributed by atoms with Crippen LogP contribution in [0, 0.1) is 0 Å². The second kappa shape index (κ2) is 8.08. The first-order valence-electron chi connectivity index (χ1n) is 9.79. The van der Waals surface area contributed by atoms with E-state index in [4.69, 9.17) is 0 Å². The van der Waals surface area contributed by atoms with E-state index >= 15 is 0 Å². The van der Waals surface area contributed by atoms with Crippen molar-refractivity contribution < 1.29 is 4.79 Å². The standard InChI is InChI=1S/C23H19N3O2S2/c27-20(24-17-10-9-15-5-4-6-16(15)13-17)14-30-23-25-19-11-12-29-21(19)22(28)26(23)18-7-2-1-3-8-18/h1-3,7-13H,4-6,14H2,(H,24,27). The number of carbonyl (C=O) groups excluding carboxylic acids is 1. The van der Waals surface area contributed by atoms with Crippen molar-refractivity contribution in [1.29, 1.82) is 0 Å². The number of nitrogens with one attached hydrogen (secondary N) is 1. The van der Waals surface area contributed by atoms with Gasteiger partial charge in [0.1, 0.15) is 4.70 Å². The van der Waals surface area contributed by atoms with Gasteiger partial charge in [0.2, 0.25) is 5.91 Å². The average Bonchev–Trinajstić information content (AvgIpc) is 3.42. The van der Waals surface area contributed by atoms with Gasteiger partial charge in [-0.25, -0.2) is 4.98 Å². The lowest BCUT2D eigenvalue weighted by molar-refractivity contribution is -0.113.